The molecule has 0 unspecified atom stereocenters. The quantitative estimate of drug-likeness (QED) is 0.152. The van der Waals surface area contributed by atoms with Gasteiger partial charge in [0.2, 0.25) is 0 Å². The second-order valence-electron chi connectivity index (χ2n) is 21.6. The van der Waals surface area contributed by atoms with Crippen LogP contribution in [0.25, 0.3) is 92.7 Å². The third-order valence-electron chi connectivity index (χ3n) is 17.4. The standard InChI is InChI=1S/C70H55N3O2/c1-5-17-44(18-6-1)53-26-15-28-58-55-35-33-51(42-65(55)74-69(53)58)71(48-21-9-3-10-22-48)50-32-31-46-40-61-57-37-38-63(67-60-25-13-14-30-62(60)73(68(57)67)64(61)41-47(46)39-50)72(49-23-11-4-12-24-49)52-34-36-56-59-29-16-27-54(45-19-7-2-8-20-45)70(59)75-66(56)43-52/h3-4,9-16,21-45H,1-2,5-8,17-20H2. The molecule has 0 bridgehead atoms. The maximum absolute atomic E-state index is 6.96. The Morgan fingerprint density at radius 2 is 0.880 bits per heavy atom. The number of rotatable bonds is 8. The molecule has 5 heteroatoms. The number of hydrogen-bond donors (Lipinski definition) is 0. The third-order valence-corrected chi connectivity index (χ3v) is 17.4. The molecule has 0 saturated heterocycles. The van der Waals surface area contributed by atoms with Crippen molar-refractivity contribution in [3.05, 3.63) is 211 Å². The molecule has 75 heavy (non-hydrogen) atoms. The monoisotopic (exact) mass is 969 g/mol. The molecule has 0 radical (unpaired) electrons. The zero-order valence-electron chi connectivity index (χ0n) is 41.9. The van der Waals surface area contributed by atoms with Crippen LogP contribution >= 0.6 is 0 Å². The summed E-state index contributed by atoms with van der Waals surface area (Å²) in [6, 6.07) is 74.2. The highest BCUT2D eigenvalue weighted by molar-refractivity contribution is 6.28. The summed E-state index contributed by atoms with van der Waals surface area (Å²) >= 11 is 0. The number of furan rings is 2. The van der Waals surface area contributed by atoms with Gasteiger partial charge in [-0.05, 0) is 144 Å². The van der Waals surface area contributed by atoms with Crippen molar-refractivity contribution in [3.63, 3.8) is 0 Å². The molecule has 16 rings (SSSR count). The van der Waals surface area contributed by atoms with Gasteiger partial charge in [0.1, 0.15) is 22.3 Å². The lowest BCUT2D eigenvalue weighted by Gasteiger charge is -2.26. The normalized spacial score (nSPS) is 15.1. The van der Waals surface area contributed by atoms with E-state index in [1.165, 1.54) is 146 Å². The van der Waals surface area contributed by atoms with E-state index in [2.05, 4.69) is 214 Å². The van der Waals surface area contributed by atoms with Crippen molar-refractivity contribution in [3.8, 4) is 0 Å². The van der Waals surface area contributed by atoms with Gasteiger partial charge in [-0.15, -0.1) is 0 Å². The van der Waals surface area contributed by atoms with Crippen LogP contribution in [0.3, 0.4) is 0 Å². The number of benzene rings is 10. The number of fused-ring (bicyclic) bond motifs is 13. The highest BCUT2D eigenvalue weighted by atomic mass is 16.3. The van der Waals surface area contributed by atoms with Crippen molar-refractivity contribution < 1.29 is 8.83 Å². The number of nitrogens with zero attached hydrogens (tertiary/aromatic N) is 3. The lowest BCUT2D eigenvalue weighted by Crippen LogP contribution is -2.10. The molecule has 4 aromatic heterocycles. The summed E-state index contributed by atoms with van der Waals surface area (Å²) in [7, 11) is 0. The van der Waals surface area contributed by atoms with Gasteiger partial charge in [-0.1, -0.05) is 142 Å². The minimum atomic E-state index is 0.555. The molecule has 2 saturated carbocycles. The predicted octanol–water partition coefficient (Wildman–Crippen LogP) is 20.8. The number of anilines is 6. The van der Waals surface area contributed by atoms with Crippen LogP contribution in [0.2, 0.25) is 0 Å². The van der Waals surface area contributed by atoms with Crippen molar-refractivity contribution in [1.29, 1.82) is 0 Å². The summed E-state index contributed by atoms with van der Waals surface area (Å²) in [5, 5.41) is 12.1. The molecule has 0 amide bonds. The Hall–Kier alpha value is -8.54. The van der Waals surface area contributed by atoms with E-state index in [4.69, 9.17) is 8.83 Å². The largest absolute Gasteiger partial charge is 0.456 e. The van der Waals surface area contributed by atoms with Gasteiger partial charge in [0.25, 0.3) is 0 Å². The highest BCUT2D eigenvalue weighted by Gasteiger charge is 2.27. The van der Waals surface area contributed by atoms with Crippen LogP contribution < -0.4 is 9.80 Å². The smallest absolute Gasteiger partial charge is 0.138 e. The first-order valence-corrected chi connectivity index (χ1v) is 27.5. The average Bonchev–Trinajstić information content (AvgIpc) is 4.36. The maximum Gasteiger partial charge on any atom is 0.138 e. The van der Waals surface area contributed by atoms with Gasteiger partial charge < -0.3 is 23.0 Å². The Morgan fingerprint density at radius 3 is 1.52 bits per heavy atom. The first kappa shape index (κ1) is 42.9. The maximum atomic E-state index is 6.96. The number of para-hydroxylation sites is 5. The molecular weight excluding hydrogens is 915 g/mol. The second kappa shape index (κ2) is 17.0. The van der Waals surface area contributed by atoms with Crippen molar-refractivity contribution in [2.75, 3.05) is 9.80 Å². The molecule has 14 aromatic rings. The van der Waals surface area contributed by atoms with E-state index < -0.39 is 0 Å². The van der Waals surface area contributed by atoms with Crippen LogP contribution in [0.1, 0.15) is 87.2 Å². The van der Waals surface area contributed by atoms with E-state index in [1.807, 2.05) is 0 Å². The lowest BCUT2D eigenvalue weighted by molar-refractivity contribution is 0.442. The molecule has 5 nitrogen and oxygen atoms in total. The Balaban J connectivity index is 0.853. The Bertz CT molecular complexity index is 4510. The third kappa shape index (κ3) is 6.69. The van der Waals surface area contributed by atoms with Crippen molar-refractivity contribution in [1.82, 2.24) is 4.40 Å². The Labute approximate surface area is 435 Å². The summed E-state index contributed by atoms with van der Waals surface area (Å²) in [5.41, 5.74) is 16.9. The van der Waals surface area contributed by atoms with Crippen molar-refractivity contribution in [2.24, 2.45) is 0 Å². The fourth-order valence-corrected chi connectivity index (χ4v) is 13.9. The number of hydrogen-bond acceptors (Lipinski definition) is 4. The minimum Gasteiger partial charge on any atom is -0.456 e. The molecule has 0 spiro atoms. The highest BCUT2D eigenvalue weighted by Crippen LogP contribution is 2.50. The molecule has 0 aliphatic heterocycles. The first-order valence-electron chi connectivity index (χ1n) is 27.5. The average molecular weight is 970 g/mol. The summed E-state index contributed by atoms with van der Waals surface area (Å²) in [6.45, 7) is 0. The van der Waals surface area contributed by atoms with Crippen molar-refractivity contribution in [2.45, 2.75) is 76.0 Å². The lowest BCUT2D eigenvalue weighted by atomic mass is 9.83. The molecule has 2 fully saturated rings. The summed E-state index contributed by atoms with van der Waals surface area (Å²) in [4.78, 5) is 4.81. The topological polar surface area (TPSA) is 37.2 Å². The van der Waals surface area contributed by atoms with E-state index >= 15 is 0 Å². The fraction of sp³-hybridized carbons (Fsp3) is 0.171. The van der Waals surface area contributed by atoms with Crippen LogP contribution in [0, 0.1) is 0 Å². The van der Waals surface area contributed by atoms with E-state index in [0.29, 0.717) is 11.8 Å². The minimum absolute atomic E-state index is 0.555. The van der Waals surface area contributed by atoms with E-state index in [1.54, 1.807) is 0 Å². The van der Waals surface area contributed by atoms with Gasteiger partial charge in [-0.25, -0.2) is 0 Å². The first-order chi connectivity index (χ1) is 37.2. The summed E-state index contributed by atoms with van der Waals surface area (Å²) in [6.07, 6.45) is 12.8. The van der Waals surface area contributed by atoms with Gasteiger partial charge in [0, 0.05) is 83.7 Å². The van der Waals surface area contributed by atoms with Crippen LogP contribution in [-0.2, 0) is 0 Å². The van der Waals surface area contributed by atoms with Gasteiger partial charge in [0.15, 0.2) is 0 Å². The van der Waals surface area contributed by atoms with Gasteiger partial charge in [-0.2, -0.15) is 0 Å². The van der Waals surface area contributed by atoms with Crippen LogP contribution in [0.4, 0.5) is 34.1 Å². The molecule has 362 valence electrons. The molecule has 2 aliphatic carbocycles. The van der Waals surface area contributed by atoms with E-state index in [-0.39, 0.29) is 0 Å². The zero-order chi connectivity index (χ0) is 49.1. The molecule has 10 aromatic carbocycles. The predicted molar refractivity (Wildman–Crippen MR) is 314 cm³/mol. The van der Waals surface area contributed by atoms with E-state index in [9.17, 15) is 0 Å². The Morgan fingerprint density at radius 1 is 0.347 bits per heavy atom. The SMILES string of the molecule is c1ccc(N(c2ccc3cc4c5ccc(N(c6ccccc6)c6ccc7c(c6)oc6c(C8CCCCC8)cccc67)c6c7ccccc7n(c4cc3c2)c56)c2ccc3c(c2)oc2c(C4CCCCC4)cccc23)cc1. The van der Waals surface area contributed by atoms with Crippen molar-refractivity contribution >= 4 is 127 Å². The second-order valence-corrected chi connectivity index (χ2v) is 21.6. The molecular formula is C70H55N3O2. The van der Waals surface area contributed by atoms with Crippen LogP contribution in [0.5, 0.6) is 0 Å². The summed E-state index contributed by atoms with van der Waals surface area (Å²) in [5.74, 6) is 1.12. The molecule has 2 aliphatic rings. The Kier molecular flexibility index (Phi) is 9.73. The molecule has 0 N–H and O–H groups in total. The van der Waals surface area contributed by atoms with Gasteiger partial charge >= 0.3 is 0 Å². The summed E-state index contributed by atoms with van der Waals surface area (Å²) < 4.78 is 16.4. The molecule has 0 atom stereocenters. The fourth-order valence-electron chi connectivity index (χ4n) is 13.9. The van der Waals surface area contributed by atoms with Gasteiger partial charge in [0.05, 0.1) is 22.2 Å². The van der Waals surface area contributed by atoms with Gasteiger partial charge in [-0.3, -0.25) is 0 Å². The van der Waals surface area contributed by atoms with Crippen LogP contribution in [-0.4, -0.2) is 4.40 Å². The molecule has 4 heterocycles. The van der Waals surface area contributed by atoms with E-state index in [0.717, 1.165) is 56.5 Å². The number of aromatic nitrogens is 1. The van der Waals surface area contributed by atoms with Crippen LogP contribution in [0.15, 0.2) is 209 Å². The zero-order valence-corrected chi connectivity index (χ0v) is 41.9.